The Morgan fingerprint density at radius 3 is 2.15 bits per heavy atom. The molecule has 0 heterocycles. The van der Waals surface area contributed by atoms with Crippen molar-refractivity contribution in [1.29, 1.82) is 0 Å². The molecule has 0 saturated carbocycles. The summed E-state index contributed by atoms with van der Waals surface area (Å²) in [5, 5.41) is 27.8. The Hall–Kier alpha value is -2.33. The van der Waals surface area contributed by atoms with Gasteiger partial charge in [-0.15, -0.1) is 0 Å². The molecule has 0 aromatic rings. The summed E-state index contributed by atoms with van der Waals surface area (Å²) in [7, 11) is 0. The van der Waals surface area contributed by atoms with Crippen molar-refractivity contribution in [2.75, 3.05) is 0 Å². The fourth-order valence-corrected chi connectivity index (χ4v) is 2.12. The molecule has 0 amide bonds. The number of carboxylic acids is 1. The van der Waals surface area contributed by atoms with Gasteiger partial charge in [-0.05, 0) is 18.6 Å². The molecule has 3 N–H and O–H groups in total. The first-order valence-corrected chi connectivity index (χ1v) is 9.22. The van der Waals surface area contributed by atoms with Crippen molar-refractivity contribution in [2.45, 2.75) is 58.0 Å². The van der Waals surface area contributed by atoms with E-state index in [-0.39, 0.29) is 5.76 Å². The SMILES string of the molecule is CCCCCCCC[C@H](O)C=CC=CC=CC(O)=CC=CC=CC(=O)O. The van der Waals surface area contributed by atoms with Gasteiger partial charge in [0.15, 0.2) is 0 Å². The second-order valence-electron chi connectivity index (χ2n) is 5.93. The molecule has 0 aliphatic carbocycles. The van der Waals surface area contributed by atoms with E-state index in [2.05, 4.69) is 6.92 Å². The molecule has 1 atom stereocenters. The molecule has 0 saturated heterocycles. The Kier molecular flexibility index (Phi) is 15.9. The lowest BCUT2D eigenvalue weighted by Crippen LogP contribution is -2.01. The van der Waals surface area contributed by atoms with Gasteiger partial charge in [0, 0.05) is 6.08 Å². The maximum absolute atomic E-state index is 10.2. The highest BCUT2D eigenvalue weighted by Gasteiger charge is 1.97. The largest absolute Gasteiger partial charge is 0.508 e. The third-order valence-corrected chi connectivity index (χ3v) is 3.52. The predicted molar refractivity (Wildman–Crippen MR) is 108 cm³/mol. The second-order valence-corrected chi connectivity index (χ2v) is 5.93. The van der Waals surface area contributed by atoms with Crippen LogP contribution in [-0.4, -0.2) is 27.4 Å². The first-order chi connectivity index (χ1) is 12.6. The van der Waals surface area contributed by atoms with E-state index in [1.165, 1.54) is 56.4 Å². The smallest absolute Gasteiger partial charge is 0.328 e. The molecular formula is C22H32O4. The van der Waals surface area contributed by atoms with Crippen molar-refractivity contribution in [3.8, 4) is 0 Å². The maximum Gasteiger partial charge on any atom is 0.328 e. The molecule has 0 rings (SSSR count). The average molecular weight is 360 g/mol. The molecule has 4 heteroatoms. The lowest BCUT2D eigenvalue weighted by molar-refractivity contribution is -0.131. The van der Waals surface area contributed by atoms with Gasteiger partial charge in [-0.1, -0.05) is 94.1 Å². The van der Waals surface area contributed by atoms with Crippen LogP contribution in [0.4, 0.5) is 0 Å². The van der Waals surface area contributed by atoms with Gasteiger partial charge in [-0.25, -0.2) is 4.79 Å². The van der Waals surface area contributed by atoms with Gasteiger partial charge in [0.2, 0.25) is 0 Å². The van der Waals surface area contributed by atoms with E-state index in [1.54, 1.807) is 36.5 Å². The van der Waals surface area contributed by atoms with Crippen molar-refractivity contribution in [3.63, 3.8) is 0 Å². The van der Waals surface area contributed by atoms with Crippen LogP contribution in [0.15, 0.2) is 72.6 Å². The van der Waals surface area contributed by atoms with Crippen LogP contribution < -0.4 is 0 Å². The van der Waals surface area contributed by atoms with E-state index in [0.29, 0.717) is 0 Å². The highest BCUT2D eigenvalue weighted by Crippen LogP contribution is 2.09. The van der Waals surface area contributed by atoms with Crippen LogP contribution >= 0.6 is 0 Å². The van der Waals surface area contributed by atoms with Crippen molar-refractivity contribution in [1.82, 2.24) is 0 Å². The van der Waals surface area contributed by atoms with Crippen LogP contribution in [0.25, 0.3) is 0 Å². The monoisotopic (exact) mass is 360 g/mol. The van der Waals surface area contributed by atoms with Crippen molar-refractivity contribution in [2.24, 2.45) is 0 Å². The zero-order chi connectivity index (χ0) is 19.5. The molecule has 0 spiro atoms. The number of rotatable bonds is 14. The average Bonchev–Trinajstić information content (AvgIpc) is 2.60. The number of allylic oxidation sites excluding steroid dienone is 9. The van der Waals surface area contributed by atoms with E-state index in [0.717, 1.165) is 18.9 Å². The topological polar surface area (TPSA) is 77.8 Å². The van der Waals surface area contributed by atoms with E-state index in [1.807, 2.05) is 0 Å². The van der Waals surface area contributed by atoms with Gasteiger partial charge in [-0.2, -0.15) is 0 Å². The molecule has 0 aromatic carbocycles. The fraction of sp³-hybridized carbons (Fsp3) is 0.409. The quantitative estimate of drug-likeness (QED) is 0.168. The molecule has 4 nitrogen and oxygen atoms in total. The zero-order valence-electron chi connectivity index (χ0n) is 15.6. The summed E-state index contributed by atoms with van der Waals surface area (Å²) >= 11 is 0. The summed E-state index contributed by atoms with van der Waals surface area (Å²) in [6.07, 6.45) is 24.9. The summed E-state index contributed by atoms with van der Waals surface area (Å²) in [5.74, 6) is -0.959. The first-order valence-electron chi connectivity index (χ1n) is 9.22. The molecule has 0 unspecified atom stereocenters. The summed E-state index contributed by atoms with van der Waals surface area (Å²) in [6.45, 7) is 2.20. The summed E-state index contributed by atoms with van der Waals surface area (Å²) < 4.78 is 0. The Morgan fingerprint density at radius 2 is 1.42 bits per heavy atom. The van der Waals surface area contributed by atoms with Gasteiger partial charge in [0.05, 0.1) is 6.10 Å². The Morgan fingerprint density at radius 1 is 0.808 bits per heavy atom. The lowest BCUT2D eigenvalue weighted by atomic mass is 10.1. The van der Waals surface area contributed by atoms with Gasteiger partial charge < -0.3 is 15.3 Å². The molecule has 0 aromatic heterocycles. The molecule has 0 bridgehead atoms. The van der Waals surface area contributed by atoms with Gasteiger partial charge in [-0.3, -0.25) is 0 Å². The molecule has 26 heavy (non-hydrogen) atoms. The lowest BCUT2D eigenvalue weighted by Gasteiger charge is -2.04. The first kappa shape index (κ1) is 23.7. The third kappa shape index (κ3) is 18.0. The minimum Gasteiger partial charge on any atom is -0.508 e. The van der Waals surface area contributed by atoms with Crippen molar-refractivity contribution >= 4 is 5.97 Å². The Labute approximate surface area is 157 Å². The number of hydrogen-bond donors (Lipinski definition) is 3. The number of carbonyl (C=O) groups is 1. The van der Waals surface area contributed by atoms with Crippen LogP contribution in [0.5, 0.6) is 0 Å². The molecule has 0 radical (unpaired) electrons. The van der Waals surface area contributed by atoms with Gasteiger partial charge in [0.25, 0.3) is 0 Å². The summed E-state index contributed by atoms with van der Waals surface area (Å²) in [4.78, 5) is 10.2. The second kappa shape index (κ2) is 17.5. The van der Waals surface area contributed by atoms with Crippen molar-refractivity contribution in [3.05, 3.63) is 72.6 Å². The zero-order valence-corrected chi connectivity index (χ0v) is 15.6. The number of aliphatic carboxylic acids is 1. The molecule has 0 aliphatic rings. The van der Waals surface area contributed by atoms with Crippen LogP contribution in [0.2, 0.25) is 0 Å². The van der Waals surface area contributed by atoms with Crippen LogP contribution in [0, 0.1) is 0 Å². The summed E-state index contributed by atoms with van der Waals surface area (Å²) in [6, 6.07) is 0. The maximum atomic E-state index is 10.2. The molecule has 144 valence electrons. The Bertz CT molecular complexity index is 536. The fourth-order valence-electron chi connectivity index (χ4n) is 2.12. The van der Waals surface area contributed by atoms with E-state index in [4.69, 9.17) is 5.11 Å². The normalized spacial score (nSPS) is 14.6. The Balaban J connectivity index is 3.96. The van der Waals surface area contributed by atoms with E-state index < -0.39 is 12.1 Å². The highest BCUT2D eigenvalue weighted by molar-refractivity contribution is 5.80. The van der Waals surface area contributed by atoms with Crippen LogP contribution in [0.3, 0.4) is 0 Å². The number of aliphatic hydroxyl groups is 2. The number of carboxylic acid groups (broad SMARTS) is 1. The van der Waals surface area contributed by atoms with Gasteiger partial charge in [0.1, 0.15) is 5.76 Å². The van der Waals surface area contributed by atoms with E-state index in [9.17, 15) is 15.0 Å². The molecular weight excluding hydrogens is 328 g/mol. The number of unbranched alkanes of at least 4 members (excludes halogenated alkanes) is 5. The number of aliphatic hydroxyl groups excluding tert-OH is 2. The minimum absolute atomic E-state index is 0.0571. The highest BCUT2D eigenvalue weighted by atomic mass is 16.4. The standard InChI is InChI=1S/C22H32O4/c1-2-3-4-5-6-10-15-20(23)16-11-7-8-12-17-21(24)18-13-9-14-19-22(25)26/h7-9,11-14,16-20,23-24H,2-6,10,15H2,1H3,(H,25,26)/t20-/m0/s1. The molecule has 0 fully saturated rings. The predicted octanol–water partition coefficient (Wildman–Crippen LogP) is 5.41. The summed E-state index contributed by atoms with van der Waals surface area (Å²) in [5.41, 5.74) is 0. The van der Waals surface area contributed by atoms with E-state index >= 15 is 0 Å². The third-order valence-electron chi connectivity index (χ3n) is 3.52. The number of hydrogen-bond acceptors (Lipinski definition) is 3. The van der Waals surface area contributed by atoms with Crippen LogP contribution in [0.1, 0.15) is 51.9 Å². The van der Waals surface area contributed by atoms with Crippen LogP contribution in [-0.2, 0) is 4.79 Å². The van der Waals surface area contributed by atoms with Gasteiger partial charge >= 0.3 is 5.97 Å². The molecule has 0 aliphatic heterocycles. The minimum atomic E-state index is -1.02. The van der Waals surface area contributed by atoms with Crippen molar-refractivity contribution < 1.29 is 20.1 Å².